The summed E-state index contributed by atoms with van der Waals surface area (Å²) in [7, 11) is 1.13. The zero-order valence-electron chi connectivity index (χ0n) is 6.80. The van der Waals surface area contributed by atoms with Crippen LogP contribution in [0.3, 0.4) is 0 Å². The van der Waals surface area contributed by atoms with Crippen molar-refractivity contribution < 1.29 is 22.8 Å². The topological polar surface area (TPSA) is 40.5 Å². The maximum absolute atomic E-state index is 11.8. The number of aliphatic carboxylic acids is 1. The lowest BCUT2D eigenvalue weighted by Crippen LogP contribution is -2.43. The van der Waals surface area contributed by atoms with Crippen LogP contribution in [-0.2, 0) is 4.79 Å². The summed E-state index contributed by atoms with van der Waals surface area (Å²) in [5.41, 5.74) is 0. The van der Waals surface area contributed by atoms with Crippen LogP contribution in [-0.4, -0.2) is 42.5 Å². The molecule has 0 unspecified atom stereocenters. The van der Waals surface area contributed by atoms with Gasteiger partial charge < -0.3 is 23.0 Å². The van der Waals surface area contributed by atoms with Crippen LogP contribution in [0.1, 0.15) is 6.92 Å². The Balaban J connectivity index is 4.04. The van der Waals surface area contributed by atoms with Crippen LogP contribution in [0.5, 0.6) is 0 Å². The molecule has 0 saturated carbocycles. The van der Waals surface area contributed by atoms with Crippen molar-refractivity contribution in [3.63, 3.8) is 0 Å². The Hall–Kier alpha value is -0.715. The van der Waals surface area contributed by atoms with Crippen LogP contribution >= 0.6 is 0 Å². The molecule has 0 heterocycles. The minimum absolute atomic E-state index is 0.752. The van der Waals surface area contributed by atoms with Crippen molar-refractivity contribution >= 4 is 12.9 Å². The van der Waals surface area contributed by atoms with Crippen molar-refractivity contribution in [1.82, 2.24) is 4.90 Å². The molecule has 0 saturated heterocycles. The van der Waals surface area contributed by atoms with Gasteiger partial charge in [-0.1, -0.05) is 0 Å². The zero-order chi connectivity index (χ0) is 9.94. The molecule has 1 atom stereocenters. The molecule has 0 amide bonds. The van der Waals surface area contributed by atoms with Gasteiger partial charge in [-0.25, -0.2) is 0 Å². The lowest BCUT2D eigenvalue weighted by molar-refractivity contribution is -0.141. The van der Waals surface area contributed by atoms with Gasteiger partial charge in [0.1, 0.15) is 6.04 Å². The third kappa shape index (κ3) is 4.22. The molecule has 0 aromatic rings. The predicted octanol–water partition coefficient (Wildman–Crippen LogP) is 0.778. The molecule has 72 valence electrons. The fourth-order valence-corrected chi connectivity index (χ4v) is 0.673. The third-order valence-corrected chi connectivity index (χ3v) is 1.51. The molecule has 0 aromatic heterocycles. The molecule has 0 aliphatic carbocycles. The number of likely N-dealkylation sites (N-methyl/N-ethyl adjacent to an activating group) is 1. The average Bonchev–Trinajstić information content (AvgIpc) is 1.82. The van der Waals surface area contributed by atoms with E-state index in [-0.39, 0.29) is 0 Å². The summed E-state index contributed by atoms with van der Waals surface area (Å²) >= 11 is 0. The molecule has 3 nitrogen and oxygen atoms in total. The summed E-state index contributed by atoms with van der Waals surface area (Å²) in [4.78, 5) is 11.0. The van der Waals surface area contributed by atoms with E-state index in [1.165, 1.54) is 6.92 Å². The van der Waals surface area contributed by atoms with Gasteiger partial charge in [0.05, 0.1) is 0 Å². The van der Waals surface area contributed by atoms with Crippen molar-refractivity contribution in [2.45, 2.75) is 13.0 Å². The van der Waals surface area contributed by atoms with E-state index in [1.807, 2.05) is 0 Å². The average molecular weight is 184 g/mol. The van der Waals surface area contributed by atoms with Gasteiger partial charge in [-0.2, -0.15) is 0 Å². The monoisotopic (exact) mass is 184 g/mol. The van der Waals surface area contributed by atoms with E-state index in [0.29, 0.717) is 0 Å². The van der Waals surface area contributed by atoms with E-state index in [2.05, 4.69) is 0 Å². The number of nitrogens with zero attached hydrogens (tertiary/aromatic N) is 1. The standard InChI is InChI=1S/C5H10BF3NO2/c1-4(5(11)12)10(2)3-6(7,8)9/h4H,3H2,1-2H3,(H,11,12)/q-1/t4-/m0/s1. The van der Waals surface area contributed by atoms with Gasteiger partial charge in [-0.15, -0.1) is 0 Å². The van der Waals surface area contributed by atoms with Crippen molar-refractivity contribution in [3.05, 3.63) is 0 Å². The summed E-state index contributed by atoms with van der Waals surface area (Å²) in [5, 5.41) is 8.35. The number of halogens is 3. The van der Waals surface area contributed by atoms with Crippen LogP contribution in [0.15, 0.2) is 0 Å². The van der Waals surface area contributed by atoms with Gasteiger partial charge in [0.15, 0.2) is 0 Å². The van der Waals surface area contributed by atoms with Gasteiger partial charge in [-0.05, 0) is 20.4 Å². The van der Waals surface area contributed by atoms with E-state index in [1.54, 1.807) is 0 Å². The van der Waals surface area contributed by atoms with Crippen LogP contribution in [0, 0.1) is 0 Å². The molecule has 7 heteroatoms. The fraction of sp³-hybridized carbons (Fsp3) is 0.800. The molecule has 12 heavy (non-hydrogen) atoms. The first-order valence-electron chi connectivity index (χ1n) is 3.38. The van der Waals surface area contributed by atoms with Gasteiger partial charge in [0.25, 0.3) is 0 Å². The lowest BCUT2D eigenvalue weighted by atomic mass is 9.91. The van der Waals surface area contributed by atoms with Crippen molar-refractivity contribution in [2.24, 2.45) is 0 Å². The molecule has 0 radical (unpaired) electrons. The Morgan fingerprint density at radius 3 is 2.25 bits per heavy atom. The highest BCUT2D eigenvalue weighted by atomic mass is 19.4. The SMILES string of the molecule is C[C@@H](C(=O)O)N(C)C[B-](F)(F)F. The number of carboxylic acid groups (broad SMARTS) is 1. The van der Waals surface area contributed by atoms with Gasteiger partial charge in [-0.3, -0.25) is 4.79 Å². The van der Waals surface area contributed by atoms with Gasteiger partial charge >= 0.3 is 12.9 Å². The number of hydrogen-bond acceptors (Lipinski definition) is 2. The largest absolute Gasteiger partial charge is 0.492 e. The van der Waals surface area contributed by atoms with Crippen LogP contribution in [0.25, 0.3) is 0 Å². The number of carbonyl (C=O) groups is 1. The fourth-order valence-electron chi connectivity index (χ4n) is 0.673. The van der Waals surface area contributed by atoms with E-state index in [4.69, 9.17) is 5.11 Å². The number of carboxylic acids is 1. The van der Waals surface area contributed by atoms with Crippen molar-refractivity contribution in [1.29, 1.82) is 0 Å². The Morgan fingerprint density at radius 1 is 1.58 bits per heavy atom. The number of hydrogen-bond donors (Lipinski definition) is 1. The van der Waals surface area contributed by atoms with E-state index in [9.17, 15) is 17.7 Å². The highest BCUT2D eigenvalue weighted by Crippen LogP contribution is 2.11. The molecule has 0 aliphatic heterocycles. The first-order chi connectivity index (χ1) is 5.24. The van der Waals surface area contributed by atoms with Crippen LogP contribution in [0.2, 0.25) is 0 Å². The summed E-state index contributed by atoms with van der Waals surface area (Å²) in [6, 6.07) is -1.10. The minimum Gasteiger partial charge on any atom is -0.480 e. The van der Waals surface area contributed by atoms with E-state index in [0.717, 1.165) is 11.9 Å². The van der Waals surface area contributed by atoms with Crippen LogP contribution < -0.4 is 0 Å². The molecule has 0 fully saturated rings. The molecule has 0 rings (SSSR count). The molecule has 0 spiro atoms. The summed E-state index contributed by atoms with van der Waals surface area (Å²) in [6.07, 6.45) is -1.15. The van der Waals surface area contributed by atoms with Crippen molar-refractivity contribution in [3.8, 4) is 0 Å². The zero-order valence-corrected chi connectivity index (χ0v) is 6.80. The first kappa shape index (κ1) is 11.3. The molecule has 0 aliphatic rings. The quantitative estimate of drug-likeness (QED) is 0.656. The molecular formula is C5H10BF3NO2-. The first-order valence-corrected chi connectivity index (χ1v) is 3.38. The van der Waals surface area contributed by atoms with Gasteiger partial charge in [0, 0.05) is 0 Å². The highest BCUT2D eigenvalue weighted by Gasteiger charge is 2.28. The Morgan fingerprint density at radius 2 is 2.00 bits per heavy atom. The molecule has 0 aromatic carbocycles. The van der Waals surface area contributed by atoms with Crippen molar-refractivity contribution in [2.75, 3.05) is 13.5 Å². The maximum Gasteiger partial charge on any atom is 0.492 e. The summed E-state index contributed by atoms with van der Waals surface area (Å²) < 4.78 is 35.3. The maximum atomic E-state index is 11.8. The third-order valence-electron chi connectivity index (χ3n) is 1.51. The lowest BCUT2D eigenvalue weighted by Gasteiger charge is -2.26. The summed E-state index contributed by atoms with van der Waals surface area (Å²) in [6.45, 7) is -3.73. The smallest absolute Gasteiger partial charge is 0.480 e. The second-order valence-electron chi connectivity index (χ2n) is 2.66. The highest BCUT2D eigenvalue weighted by molar-refractivity contribution is 6.58. The minimum atomic E-state index is -4.94. The Bertz CT molecular complexity index is 173. The van der Waals surface area contributed by atoms with Gasteiger partial charge in [0.2, 0.25) is 0 Å². The van der Waals surface area contributed by atoms with Crippen LogP contribution in [0.4, 0.5) is 12.9 Å². The molecular weight excluding hydrogens is 174 g/mol. The number of rotatable bonds is 4. The molecule has 1 N–H and O–H groups in total. The molecule has 0 bridgehead atoms. The predicted molar refractivity (Wildman–Crippen MR) is 38.8 cm³/mol. The second-order valence-corrected chi connectivity index (χ2v) is 2.66. The second kappa shape index (κ2) is 3.80. The summed E-state index contributed by atoms with van der Waals surface area (Å²) in [5.74, 6) is -1.25. The Kier molecular flexibility index (Phi) is 3.57. The Labute approximate surface area is 68.2 Å². The van der Waals surface area contributed by atoms with E-state index >= 15 is 0 Å². The van der Waals surface area contributed by atoms with E-state index < -0.39 is 25.4 Å². The normalized spacial score (nSPS) is 14.8.